The summed E-state index contributed by atoms with van der Waals surface area (Å²) in [7, 11) is 0. The Hall–Kier alpha value is -2.73. The molecule has 3 aromatic rings. The summed E-state index contributed by atoms with van der Waals surface area (Å²) in [5, 5.41) is 20.4. The average molecular weight is 350 g/mol. The van der Waals surface area contributed by atoms with Gasteiger partial charge in [-0.25, -0.2) is 0 Å². The third-order valence-corrected chi connectivity index (χ3v) is 5.21. The lowest BCUT2D eigenvalue weighted by Crippen LogP contribution is -2.48. The Labute approximate surface area is 152 Å². The lowest BCUT2D eigenvalue weighted by molar-refractivity contribution is -0.145. The minimum atomic E-state index is -0.783. The molecule has 0 aliphatic carbocycles. The lowest BCUT2D eigenvalue weighted by atomic mass is 10.0. The molecule has 1 aliphatic heterocycles. The maximum absolute atomic E-state index is 11.7. The van der Waals surface area contributed by atoms with Gasteiger partial charge in [0.2, 0.25) is 0 Å². The molecule has 0 saturated heterocycles. The van der Waals surface area contributed by atoms with E-state index in [2.05, 4.69) is 52.7 Å². The Morgan fingerprint density at radius 1 is 1.19 bits per heavy atom. The van der Waals surface area contributed by atoms with Crippen LogP contribution >= 0.6 is 0 Å². The quantitative estimate of drug-likeness (QED) is 0.766. The van der Waals surface area contributed by atoms with Crippen molar-refractivity contribution >= 4 is 16.7 Å². The van der Waals surface area contributed by atoms with E-state index in [1.165, 1.54) is 16.3 Å². The number of benzene rings is 2. The summed E-state index contributed by atoms with van der Waals surface area (Å²) < 4.78 is 1.92. The summed E-state index contributed by atoms with van der Waals surface area (Å²) in [4.78, 5) is 13.7. The van der Waals surface area contributed by atoms with Crippen LogP contribution in [0, 0.1) is 6.92 Å². The molecule has 4 rings (SSSR count). The number of carbonyl (C=O) groups is 1. The first kappa shape index (κ1) is 16.7. The van der Waals surface area contributed by atoms with Crippen molar-refractivity contribution in [3.63, 3.8) is 0 Å². The van der Waals surface area contributed by atoms with Gasteiger partial charge in [-0.3, -0.25) is 9.69 Å². The van der Waals surface area contributed by atoms with Crippen LogP contribution in [0.1, 0.15) is 23.6 Å². The zero-order chi connectivity index (χ0) is 18.1. The van der Waals surface area contributed by atoms with Gasteiger partial charge in [0, 0.05) is 0 Å². The predicted octanol–water partition coefficient (Wildman–Crippen LogP) is 2.64. The number of carboxylic acid groups (broad SMARTS) is 1. The smallest absolute Gasteiger partial charge is 0.322 e. The Balaban J connectivity index is 1.47. The summed E-state index contributed by atoms with van der Waals surface area (Å²) in [6, 6.07) is 14.2. The largest absolute Gasteiger partial charge is 0.480 e. The Bertz CT molecular complexity index is 945. The molecule has 2 aromatic carbocycles. The van der Waals surface area contributed by atoms with E-state index in [1.807, 2.05) is 16.4 Å². The zero-order valence-electron chi connectivity index (χ0n) is 14.8. The summed E-state index contributed by atoms with van der Waals surface area (Å²) in [6.45, 7) is 3.54. The second-order valence-corrected chi connectivity index (χ2v) is 6.84. The van der Waals surface area contributed by atoms with Gasteiger partial charge in [0.1, 0.15) is 17.7 Å². The zero-order valence-corrected chi connectivity index (χ0v) is 14.8. The van der Waals surface area contributed by atoms with Crippen LogP contribution in [0.25, 0.3) is 10.8 Å². The molecule has 1 aliphatic rings. The molecule has 0 fully saturated rings. The van der Waals surface area contributed by atoms with E-state index in [9.17, 15) is 9.90 Å². The van der Waals surface area contributed by atoms with Crippen LogP contribution in [0.3, 0.4) is 0 Å². The average Bonchev–Trinajstić information content (AvgIpc) is 3.01. The SMILES string of the molecule is Cc1nnc2n1CC(C(=O)O)N(CCCc1cccc3ccccc13)C2. The van der Waals surface area contributed by atoms with E-state index in [-0.39, 0.29) is 0 Å². The molecule has 0 radical (unpaired) electrons. The van der Waals surface area contributed by atoms with Gasteiger partial charge in [0.05, 0.1) is 13.1 Å². The molecule has 1 atom stereocenters. The lowest BCUT2D eigenvalue weighted by Gasteiger charge is -2.33. The van der Waals surface area contributed by atoms with Crippen LogP contribution in [0.15, 0.2) is 42.5 Å². The monoisotopic (exact) mass is 350 g/mol. The third kappa shape index (κ3) is 3.08. The van der Waals surface area contributed by atoms with Gasteiger partial charge in [-0.15, -0.1) is 10.2 Å². The summed E-state index contributed by atoms with van der Waals surface area (Å²) >= 11 is 0. The number of aryl methyl sites for hydroxylation is 2. The van der Waals surface area contributed by atoms with Crippen molar-refractivity contribution in [3.05, 3.63) is 59.7 Å². The van der Waals surface area contributed by atoms with Crippen molar-refractivity contribution in [2.45, 2.75) is 38.9 Å². The van der Waals surface area contributed by atoms with Crippen molar-refractivity contribution in [2.24, 2.45) is 0 Å². The van der Waals surface area contributed by atoms with Crippen LogP contribution < -0.4 is 0 Å². The fraction of sp³-hybridized carbons (Fsp3) is 0.350. The molecule has 0 bridgehead atoms. The van der Waals surface area contributed by atoms with Crippen molar-refractivity contribution < 1.29 is 9.90 Å². The molecular weight excluding hydrogens is 328 g/mol. The number of fused-ring (bicyclic) bond motifs is 2. The predicted molar refractivity (Wildman–Crippen MR) is 98.9 cm³/mol. The molecule has 0 spiro atoms. The Kier molecular flexibility index (Phi) is 4.42. The van der Waals surface area contributed by atoms with Gasteiger partial charge in [0.15, 0.2) is 0 Å². The molecule has 26 heavy (non-hydrogen) atoms. The maximum atomic E-state index is 11.7. The second-order valence-electron chi connectivity index (χ2n) is 6.84. The molecule has 134 valence electrons. The van der Waals surface area contributed by atoms with Gasteiger partial charge < -0.3 is 9.67 Å². The fourth-order valence-corrected chi connectivity index (χ4v) is 3.81. The van der Waals surface area contributed by atoms with Crippen LogP contribution in [0.2, 0.25) is 0 Å². The second kappa shape index (κ2) is 6.88. The normalized spacial score (nSPS) is 17.3. The first-order valence-corrected chi connectivity index (χ1v) is 8.95. The first-order chi connectivity index (χ1) is 12.6. The number of aromatic nitrogens is 3. The van der Waals surface area contributed by atoms with Gasteiger partial charge in [-0.05, 0) is 42.6 Å². The molecule has 1 unspecified atom stereocenters. The van der Waals surface area contributed by atoms with Crippen LogP contribution in [0.5, 0.6) is 0 Å². The summed E-state index contributed by atoms with van der Waals surface area (Å²) in [5.41, 5.74) is 1.31. The molecule has 1 N–H and O–H groups in total. The highest BCUT2D eigenvalue weighted by molar-refractivity contribution is 5.85. The minimum Gasteiger partial charge on any atom is -0.480 e. The number of rotatable bonds is 5. The molecule has 6 nitrogen and oxygen atoms in total. The number of carboxylic acids is 1. The van der Waals surface area contributed by atoms with E-state index in [0.717, 1.165) is 31.0 Å². The number of hydrogen-bond acceptors (Lipinski definition) is 4. The van der Waals surface area contributed by atoms with Gasteiger partial charge in [0.25, 0.3) is 0 Å². The third-order valence-electron chi connectivity index (χ3n) is 5.21. The molecule has 0 amide bonds. The van der Waals surface area contributed by atoms with Crippen molar-refractivity contribution in [1.82, 2.24) is 19.7 Å². The van der Waals surface area contributed by atoms with E-state index in [4.69, 9.17) is 0 Å². The van der Waals surface area contributed by atoms with Crippen LogP contribution in [-0.4, -0.2) is 43.3 Å². The summed E-state index contributed by atoms with van der Waals surface area (Å²) in [6.07, 6.45) is 1.83. The number of hydrogen-bond donors (Lipinski definition) is 1. The molecule has 6 heteroatoms. The molecular formula is C20H22N4O2. The highest BCUT2D eigenvalue weighted by Gasteiger charge is 2.32. The minimum absolute atomic E-state index is 0.414. The van der Waals surface area contributed by atoms with Crippen LogP contribution in [0.4, 0.5) is 0 Å². The molecule has 0 saturated carbocycles. The maximum Gasteiger partial charge on any atom is 0.322 e. The van der Waals surface area contributed by atoms with Crippen molar-refractivity contribution in [2.75, 3.05) is 6.54 Å². The Morgan fingerprint density at radius 2 is 2.00 bits per heavy atom. The van der Waals surface area contributed by atoms with Gasteiger partial charge in [-0.1, -0.05) is 42.5 Å². The number of nitrogens with zero attached hydrogens (tertiary/aromatic N) is 4. The van der Waals surface area contributed by atoms with Crippen LogP contribution in [-0.2, 0) is 24.3 Å². The molecule has 2 heterocycles. The first-order valence-electron chi connectivity index (χ1n) is 8.95. The highest BCUT2D eigenvalue weighted by atomic mass is 16.4. The van der Waals surface area contributed by atoms with E-state index >= 15 is 0 Å². The van der Waals surface area contributed by atoms with Crippen molar-refractivity contribution in [1.29, 1.82) is 0 Å². The fourth-order valence-electron chi connectivity index (χ4n) is 3.81. The Morgan fingerprint density at radius 3 is 2.85 bits per heavy atom. The van der Waals surface area contributed by atoms with Gasteiger partial charge >= 0.3 is 5.97 Å². The van der Waals surface area contributed by atoms with Gasteiger partial charge in [-0.2, -0.15) is 0 Å². The topological polar surface area (TPSA) is 71.2 Å². The molecule has 1 aromatic heterocycles. The summed E-state index contributed by atoms with van der Waals surface area (Å²) in [5.74, 6) is 0.848. The highest BCUT2D eigenvalue weighted by Crippen LogP contribution is 2.22. The van der Waals surface area contributed by atoms with E-state index < -0.39 is 12.0 Å². The van der Waals surface area contributed by atoms with E-state index in [1.54, 1.807) is 0 Å². The van der Waals surface area contributed by atoms with E-state index in [0.29, 0.717) is 13.1 Å². The van der Waals surface area contributed by atoms with Crippen molar-refractivity contribution in [3.8, 4) is 0 Å². The standard InChI is InChI=1S/C20H22N4O2/c1-14-21-22-19-13-23(18(20(25)26)12-24(14)19)11-5-9-16-8-4-7-15-6-2-3-10-17(15)16/h2-4,6-8,10,18H,5,9,11-13H2,1H3,(H,25,26). The number of aliphatic carboxylic acids is 1.